The number of methoxy groups -OCH3 is 1. The van der Waals surface area contributed by atoms with Crippen LogP contribution in [0.5, 0.6) is 0 Å². The molecule has 2 rings (SSSR count). The molecule has 5 nitrogen and oxygen atoms in total. The van der Waals surface area contributed by atoms with Crippen molar-refractivity contribution in [3.05, 3.63) is 51.9 Å². The van der Waals surface area contributed by atoms with E-state index in [4.69, 9.17) is 11.6 Å². The Morgan fingerprint density at radius 1 is 1.40 bits per heavy atom. The highest BCUT2D eigenvalue weighted by Gasteiger charge is 2.12. The van der Waals surface area contributed by atoms with Gasteiger partial charge in [0.05, 0.1) is 29.6 Å². The minimum Gasteiger partial charge on any atom is -0.468 e. The van der Waals surface area contributed by atoms with Gasteiger partial charge < -0.3 is 4.74 Å². The first-order chi connectivity index (χ1) is 9.63. The molecule has 0 N–H and O–H groups in total. The number of rotatable bonds is 4. The van der Waals surface area contributed by atoms with Gasteiger partial charge in [0.15, 0.2) is 0 Å². The molecule has 0 saturated carbocycles. The van der Waals surface area contributed by atoms with E-state index in [1.54, 1.807) is 24.3 Å². The molecule has 0 bridgehead atoms. The monoisotopic (exact) mass is 310 g/mol. The van der Waals surface area contributed by atoms with Crippen LogP contribution in [0.15, 0.2) is 46.2 Å². The van der Waals surface area contributed by atoms with Crippen molar-refractivity contribution < 1.29 is 9.53 Å². The zero-order chi connectivity index (χ0) is 14.5. The standard InChI is InChI=1S/C13H11ClN2O3S/c1-19-11(17)8-20-10-7-15-16(13(18)12(10)14)9-5-3-2-4-6-9/h2-7H,8H2,1H3. The lowest BCUT2D eigenvalue weighted by Crippen LogP contribution is -2.22. The SMILES string of the molecule is COC(=O)CSc1cnn(-c2ccccc2)c(=O)c1Cl. The zero-order valence-corrected chi connectivity index (χ0v) is 12.1. The molecular formula is C13H11ClN2O3S. The second-order valence-corrected chi connectivity index (χ2v) is 5.14. The zero-order valence-electron chi connectivity index (χ0n) is 10.6. The van der Waals surface area contributed by atoms with Crippen LogP contribution in [0.2, 0.25) is 5.02 Å². The van der Waals surface area contributed by atoms with Gasteiger partial charge in [-0.3, -0.25) is 9.59 Å². The molecule has 2 aromatic rings. The number of nitrogens with zero attached hydrogens (tertiary/aromatic N) is 2. The summed E-state index contributed by atoms with van der Waals surface area (Å²) in [4.78, 5) is 23.7. The molecule has 0 atom stereocenters. The number of para-hydroxylation sites is 1. The summed E-state index contributed by atoms with van der Waals surface area (Å²) in [5.41, 5.74) is 0.205. The van der Waals surface area contributed by atoms with Gasteiger partial charge in [-0.25, -0.2) is 0 Å². The molecule has 1 aromatic carbocycles. The van der Waals surface area contributed by atoms with Crippen LogP contribution >= 0.6 is 23.4 Å². The Labute approximate surface area is 124 Å². The van der Waals surface area contributed by atoms with Crippen molar-refractivity contribution >= 4 is 29.3 Å². The minimum absolute atomic E-state index is 0.0396. The molecule has 0 aliphatic rings. The van der Waals surface area contributed by atoms with Crippen molar-refractivity contribution in [1.29, 1.82) is 0 Å². The lowest BCUT2D eigenvalue weighted by Gasteiger charge is -2.07. The average Bonchev–Trinajstić information content (AvgIpc) is 2.49. The smallest absolute Gasteiger partial charge is 0.315 e. The summed E-state index contributed by atoms with van der Waals surface area (Å²) in [6.07, 6.45) is 1.46. The third-order valence-corrected chi connectivity index (χ3v) is 3.94. The summed E-state index contributed by atoms with van der Waals surface area (Å²) in [6, 6.07) is 8.96. The van der Waals surface area contributed by atoms with Crippen LogP contribution in [0.25, 0.3) is 5.69 Å². The molecule has 104 valence electrons. The molecule has 0 radical (unpaired) electrons. The van der Waals surface area contributed by atoms with Crippen molar-refractivity contribution in [2.45, 2.75) is 4.90 Å². The Balaban J connectivity index is 2.30. The number of ether oxygens (including phenoxy) is 1. The number of esters is 1. The highest BCUT2D eigenvalue weighted by Crippen LogP contribution is 2.23. The Bertz CT molecular complexity index is 673. The third kappa shape index (κ3) is 3.20. The molecule has 0 saturated heterocycles. The minimum atomic E-state index is -0.423. The molecule has 0 spiro atoms. The van der Waals surface area contributed by atoms with Crippen LogP contribution in [0.3, 0.4) is 0 Å². The molecular weight excluding hydrogens is 300 g/mol. The van der Waals surface area contributed by atoms with Gasteiger partial charge in [-0.05, 0) is 12.1 Å². The van der Waals surface area contributed by atoms with Crippen LogP contribution < -0.4 is 5.56 Å². The topological polar surface area (TPSA) is 61.2 Å². The number of thioether (sulfide) groups is 1. The molecule has 1 heterocycles. The Morgan fingerprint density at radius 2 is 2.10 bits per heavy atom. The first-order valence-corrected chi connectivity index (χ1v) is 7.02. The van der Waals surface area contributed by atoms with Crippen LogP contribution in [0.4, 0.5) is 0 Å². The normalized spacial score (nSPS) is 10.3. The van der Waals surface area contributed by atoms with E-state index in [1.165, 1.54) is 18.0 Å². The fourth-order valence-corrected chi connectivity index (χ4v) is 2.49. The van der Waals surface area contributed by atoms with Crippen molar-refractivity contribution in [3.63, 3.8) is 0 Å². The van der Waals surface area contributed by atoms with E-state index >= 15 is 0 Å². The summed E-state index contributed by atoms with van der Waals surface area (Å²) in [7, 11) is 1.30. The molecule has 0 aliphatic carbocycles. The van der Waals surface area contributed by atoms with Crippen LogP contribution in [-0.2, 0) is 9.53 Å². The van der Waals surface area contributed by atoms with Gasteiger partial charge in [0.2, 0.25) is 0 Å². The summed E-state index contributed by atoms with van der Waals surface area (Å²) in [5, 5.41) is 4.10. The molecule has 0 unspecified atom stereocenters. The van der Waals surface area contributed by atoms with E-state index in [9.17, 15) is 9.59 Å². The van der Waals surface area contributed by atoms with Crippen molar-refractivity contribution in [1.82, 2.24) is 9.78 Å². The van der Waals surface area contributed by atoms with Crippen molar-refractivity contribution in [3.8, 4) is 5.69 Å². The number of carbonyl (C=O) groups excluding carboxylic acids is 1. The Kier molecular flexibility index (Phi) is 4.81. The maximum Gasteiger partial charge on any atom is 0.315 e. The van der Waals surface area contributed by atoms with E-state index < -0.39 is 11.5 Å². The predicted octanol–water partition coefficient (Wildman–Crippen LogP) is 2.15. The lowest BCUT2D eigenvalue weighted by molar-refractivity contribution is -0.137. The summed E-state index contributed by atoms with van der Waals surface area (Å²) < 4.78 is 5.74. The van der Waals surface area contributed by atoms with Crippen molar-refractivity contribution in [2.24, 2.45) is 0 Å². The van der Waals surface area contributed by atoms with E-state index in [0.29, 0.717) is 10.6 Å². The van der Waals surface area contributed by atoms with E-state index in [0.717, 1.165) is 11.8 Å². The quantitative estimate of drug-likeness (QED) is 0.639. The molecule has 0 amide bonds. The first kappa shape index (κ1) is 14.6. The number of aromatic nitrogens is 2. The maximum absolute atomic E-state index is 12.1. The third-order valence-electron chi connectivity index (χ3n) is 2.46. The number of hydrogen-bond donors (Lipinski definition) is 0. The van der Waals surface area contributed by atoms with Gasteiger partial charge in [-0.1, -0.05) is 29.8 Å². The van der Waals surface area contributed by atoms with Gasteiger partial charge in [0.1, 0.15) is 5.02 Å². The number of carbonyl (C=O) groups is 1. The maximum atomic E-state index is 12.1. The second-order valence-electron chi connectivity index (χ2n) is 3.74. The van der Waals surface area contributed by atoms with Gasteiger partial charge in [-0.15, -0.1) is 11.8 Å². The number of benzene rings is 1. The fourth-order valence-electron chi connectivity index (χ4n) is 1.47. The Hall–Kier alpha value is -1.79. The summed E-state index contributed by atoms with van der Waals surface area (Å²) in [5.74, 6) is -0.314. The highest BCUT2D eigenvalue weighted by atomic mass is 35.5. The molecule has 0 aliphatic heterocycles. The predicted molar refractivity (Wildman–Crippen MR) is 77.6 cm³/mol. The van der Waals surface area contributed by atoms with Crippen molar-refractivity contribution in [2.75, 3.05) is 12.9 Å². The van der Waals surface area contributed by atoms with Gasteiger partial charge in [0, 0.05) is 0 Å². The second kappa shape index (κ2) is 6.58. The van der Waals surface area contributed by atoms with E-state index in [1.807, 2.05) is 6.07 Å². The number of halogens is 1. The molecule has 0 fully saturated rings. The number of hydrogen-bond acceptors (Lipinski definition) is 5. The van der Waals surface area contributed by atoms with E-state index in [-0.39, 0.29) is 10.8 Å². The average molecular weight is 311 g/mol. The van der Waals surface area contributed by atoms with Gasteiger partial charge >= 0.3 is 5.97 Å². The molecule has 7 heteroatoms. The Morgan fingerprint density at radius 3 is 2.75 bits per heavy atom. The summed E-state index contributed by atoms with van der Waals surface area (Å²) >= 11 is 7.14. The van der Waals surface area contributed by atoms with E-state index in [2.05, 4.69) is 9.84 Å². The molecule has 1 aromatic heterocycles. The van der Waals surface area contributed by atoms with Crippen LogP contribution in [0, 0.1) is 0 Å². The fraction of sp³-hybridized carbons (Fsp3) is 0.154. The lowest BCUT2D eigenvalue weighted by atomic mass is 10.3. The molecule has 20 heavy (non-hydrogen) atoms. The van der Waals surface area contributed by atoms with Crippen LogP contribution in [-0.4, -0.2) is 28.6 Å². The highest BCUT2D eigenvalue weighted by molar-refractivity contribution is 8.00. The van der Waals surface area contributed by atoms with Crippen LogP contribution in [0.1, 0.15) is 0 Å². The summed E-state index contributed by atoms with van der Waals surface area (Å²) in [6.45, 7) is 0. The van der Waals surface area contributed by atoms with Gasteiger partial charge in [-0.2, -0.15) is 9.78 Å². The van der Waals surface area contributed by atoms with Gasteiger partial charge in [0.25, 0.3) is 5.56 Å². The largest absolute Gasteiger partial charge is 0.468 e. The first-order valence-electron chi connectivity index (χ1n) is 5.66.